The Morgan fingerprint density at radius 2 is 2.25 bits per heavy atom. The predicted molar refractivity (Wildman–Crippen MR) is 43.8 cm³/mol. The van der Waals surface area contributed by atoms with Gasteiger partial charge in [-0.15, -0.1) is 0 Å². The molecular weight excluding hydrogens is 156 g/mol. The van der Waals surface area contributed by atoms with Crippen LogP contribution in [0.4, 0.5) is 0 Å². The number of rotatable bonds is 1. The maximum Gasteiger partial charge on any atom is 0.210 e. The van der Waals surface area contributed by atoms with E-state index in [-0.39, 0.29) is 6.04 Å². The molecule has 0 saturated carbocycles. The summed E-state index contributed by atoms with van der Waals surface area (Å²) in [5.41, 5.74) is 0. The molecule has 2 heterocycles. The van der Waals surface area contributed by atoms with Gasteiger partial charge in [-0.2, -0.15) is 0 Å². The molecule has 68 valence electrons. The van der Waals surface area contributed by atoms with Gasteiger partial charge in [0, 0.05) is 6.54 Å². The molecule has 2 unspecified atom stereocenters. The third-order valence-corrected chi connectivity index (χ3v) is 2.62. The monoisotopic (exact) mass is 170 g/mol. The first-order valence-electron chi connectivity index (χ1n) is 4.43. The molecule has 1 amide bonds. The molecule has 4 nitrogen and oxygen atoms in total. The number of carbonyl (C=O) groups excluding carboxylic acids is 1. The number of hydrogen-bond donors (Lipinski definition) is 1. The van der Waals surface area contributed by atoms with Crippen LogP contribution in [0.25, 0.3) is 0 Å². The fraction of sp³-hybridized carbons (Fsp3) is 0.875. The molecule has 2 bridgehead atoms. The van der Waals surface area contributed by atoms with Crippen LogP contribution in [0, 0.1) is 0 Å². The first-order valence-corrected chi connectivity index (χ1v) is 4.43. The van der Waals surface area contributed by atoms with Gasteiger partial charge in [0.05, 0.1) is 25.3 Å². The number of amides is 1. The van der Waals surface area contributed by atoms with Gasteiger partial charge < -0.3 is 15.0 Å². The van der Waals surface area contributed by atoms with Crippen LogP contribution >= 0.6 is 0 Å². The van der Waals surface area contributed by atoms with Crippen LogP contribution in [0.1, 0.15) is 6.42 Å². The van der Waals surface area contributed by atoms with E-state index >= 15 is 0 Å². The van der Waals surface area contributed by atoms with E-state index in [0.29, 0.717) is 19.3 Å². The topological polar surface area (TPSA) is 41.6 Å². The normalized spacial score (nSPS) is 35.8. The molecule has 4 heteroatoms. The molecule has 2 aliphatic heterocycles. The van der Waals surface area contributed by atoms with Crippen LogP contribution in [0.5, 0.6) is 0 Å². The van der Waals surface area contributed by atoms with Gasteiger partial charge in [0.1, 0.15) is 0 Å². The molecule has 2 saturated heterocycles. The Kier molecular flexibility index (Phi) is 2.28. The van der Waals surface area contributed by atoms with Crippen LogP contribution < -0.4 is 5.32 Å². The Labute approximate surface area is 71.9 Å². The average molecular weight is 170 g/mol. The van der Waals surface area contributed by atoms with E-state index in [9.17, 15) is 4.79 Å². The zero-order valence-electron chi connectivity index (χ0n) is 7.03. The summed E-state index contributed by atoms with van der Waals surface area (Å²) in [4.78, 5) is 12.7. The molecule has 2 fully saturated rings. The molecule has 2 rings (SSSR count). The van der Waals surface area contributed by atoms with Gasteiger partial charge in [0.25, 0.3) is 0 Å². The van der Waals surface area contributed by atoms with Gasteiger partial charge >= 0.3 is 0 Å². The predicted octanol–water partition coefficient (Wildman–Crippen LogP) is -0.794. The Hall–Kier alpha value is -0.610. The summed E-state index contributed by atoms with van der Waals surface area (Å²) in [5, 5.41) is 3.30. The minimum absolute atomic E-state index is 0.253. The van der Waals surface area contributed by atoms with Gasteiger partial charge in [-0.1, -0.05) is 0 Å². The smallest absolute Gasteiger partial charge is 0.210 e. The molecule has 0 aromatic carbocycles. The van der Waals surface area contributed by atoms with Crippen molar-refractivity contribution in [1.82, 2.24) is 10.2 Å². The highest BCUT2D eigenvalue weighted by atomic mass is 16.5. The van der Waals surface area contributed by atoms with E-state index in [4.69, 9.17) is 4.74 Å². The van der Waals surface area contributed by atoms with E-state index < -0.39 is 0 Å². The van der Waals surface area contributed by atoms with Gasteiger partial charge in [0.15, 0.2) is 0 Å². The minimum atomic E-state index is 0.253. The van der Waals surface area contributed by atoms with Gasteiger partial charge in [-0.05, 0) is 13.0 Å². The standard InChI is InChI=1S/C8H14N2O2/c11-6-10-7-1-2-9-3-8(10)5-12-4-7/h6-9H,1-5H2. The first-order chi connectivity index (χ1) is 5.92. The third-order valence-electron chi connectivity index (χ3n) is 2.62. The van der Waals surface area contributed by atoms with Crippen LogP contribution in [0.3, 0.4) is 0 Å². The summed E-state index contributed by atoms with van der Waals surface area (Å²) >= 11 is 0. The van der Waals surface area contributed by atoms with Crippen molar-refractivity contribution in [3.8, 4) is 0 Å². The van der Waals surface area contributed by atoms with E-state index in [2.05, 4.69) is 5.32 Å². The van der Waals surface area contributed by atoms with Crippen molar-refractivity contribution < 1.29 is 9.53 Å². The minimum Gasteiger partial charge on any atom is -0.377 e. The molecule has 0 spiro atoms. The molecule has 0 aliphatic carbocycles. The Balaban J connectivity index is 2.11. The fourth-order valence-corrected chi connectivity index (χ4v) is 1.92. The zero-order valence-corrected chi connectivity index (χ0v) is 7.03. The SMILES string of the molecule is O=CN1C2CCNCC1COC2. The highest BCUT2D eigenvalue weighted by Gasteiger charge is 2.31. The summed E-state index contributed by atoms with van der Waals surface area (Å²) in [6.45, 7) is 3.25. The number of nitrogens with zero attached hydrogens (tertiary/aromatic N) is 1. The van der Waals surface area contributed by atoms with E-state index in [1.165, 1.54) is 0 Å². The van der Waals surface area contributed by atoms with Gasteiger partial charge in [-0.25, -0.2) is 0 Å². The molecule has 1 N–H and O–H groups in total. The zero-order chi connectivity index (χ0) is 8.39. The molecule has 2 atom stereocenters. The molecule has 0 aromatic heterocycles. The van der Waals surface area contributed by atoms with Crippen molar-refractivity contribution >= 4 is 6.41 Å². The Morgan fingerprint density at radius 1 is 1.42 bits per heavy atom. The second-order valence-corrected chi connectivity index (χ2v) is 3.39. The summed E-state index contributed by atoms with van der Waals surface area (Å²) in [6, 6.07) is 0.556. The van der Waals surface area contributed by atoms with Crippen molar-refractivity contribution in [2.45, 2.75) is 18.5 Å². The third kappa shape index (κ3) is 1.32. The molecule has 0 radical (unpaired) electrons. The van der Waals surface area contributed by atoms with Crippen molar-refractivity contribution in [2.24, 2.45) is 0 Å². The van der Waals surface area contributed by atoms with Gasteiger partial charge in [-0.3, -0.25) is 4.79 Å². The largest absolute Gasteiger partial charge is 0.377 e. The highest BCUT2D eigenvalue weighted by Crippen LogP contribution is 2.15. The molecule has 12 heavy (non-hydrogen) atoms. The maximum absolute atomic E-state index is 10.8. The quantitative estimate of drug-likeness (QED) is 0.524. The van der Waals surface area contributed by atoms with E-state index in [0.717, 1.165) is 25.9 Å². The van der Waals surface area contributed by atoms with Crippen LogP contribution in [0.2, 0.25) is 0 Å². The van der Waals surface area contributed by atoms with Crippen molar-refractivity contribution in [2.75, 3.05) is 26.3 Å². The Morgan fingerprint density at radius 3 is 3.08 bits per heavy atom. The van der Waals surface area contributed by atoms with Crippen LogP contribution in [-0.4, -0.2) is 49.7 Å². The molecular formula is C8H14N2O2. The van der Waals surface area contributed by atoms with Crippen molar-refractivity contribution in [3.05, 3.63) is 0 Å². The number of hydrogen-bond acceptors (Lipinski definition) is 3. The first kappa shape index (κ1) is 8.01. The second-order valence-electron chi connectivity index (χ2n) is 3.39. The average Bonchev–Trinajstić information content (AvgIpc) is 2.21. The lowest BCUT2D eigenvalue weighted by molar-refractivity contribution is -0.131. The summed E-state index contributed by atoms with van der Waals surface area (Å²) in [6.07, 6.45) is 1.97. The number of ether oxygens (including phenoxy) is 1. The number of fused-ring (bicyclic) bond motifs is 2. The van der Waals surface area contributed by atoms with Crippen LogP contribution in [-0.2, 0) is 9.53 Å². The fourth-order valence-electron chi connectivity index (χ4n) is 1.92. The lowest BCUT2D eigenvalue weighted by Crippen LogP contribution is -2.52. The number of nitrogens with one attached hydrogen (secondary N) is 1. The van der Waals surface area contributed by atoms with Crippen molar-refractivity contribution in [3.63, 3.8) is 0 Å². The van der Waals surface area contributed by atoms with E-state index in [1.807, 2.05) is 4.90 Å². The number of morpholine rings is 1. The Bertz CT molecular complexity index is 160. The van der Waals surface area contributed by atoms with Crippen LogP contribution in [0.15, 0.2) is 0 Å². The summed E-state index contributed by atoms with van der Waals surface area (Å²) < 4.78 is 5.41. The maximum atomic E-state index is 10.8. The lowest BCUT2D eigenvalue weighted by Gasteiger charge is -2.37. The lowest BCUT2D eigenvalue weighted by atomic mass is 10.1. The second kappa shape index (κ2) is 3.41. The summed E-state index contributed by atoms with van der Waals surface area (Å²) in [7, 11) is 0. The highest BCUT2D eigenvalue weighted by molar-refractivity contribution is 5.49. The van der Waals surface area contributed by atoms with E-state index in [1.54, 1.807) is 0 Å². The van der Waals surface area contributed by atoms with Gasteiger partial charge in [0.2, 0.25) is 6.41 Å². The molecule has 2 aliphatic rings. The number of carbonyl (C=O) groups is 1. The molecule has 0 aromatic rings. The summed E-state index contributed by atoms with van der Waals surface area (Å²) in [5.74, 6) is 0. The van der Waals surface area contributed by atoms with Crippen molar-refractivity contribution in [1.29, 1.82) is 0 Å².